The number of benzene rings is 4. The van der Waals surface area contributed by atoms with Gasteiger partial charge in [-0.1, -0.05) is 97.1 Å². The zero-order chi connectivity index (χ0) is 24.2. The van der Waals surface area contributed by atoms with Crippen LogP contribution in [0.3, 0.4) is 0 Å². The van der Waals surface area contributed by atoms with Crippen LogP contribution in [0.5, 0.6) is 5.75 Å². The Morgan fingerprint density at radius 3 is 1.89 bits per heavy atom. The summed E-state index contributed by atoms with van der Waals surface area (Å²) in [5, 5.41) is 0. The maximum absolute atomic E-state index is 13.6. The fourth-order valence-corrected chi connectivity index (χ4v) is 4.52. The van der Waals surface area contributed by atoms with Crippen molar-refractivity contribution in [1.29, 1.82) is 0 Å². The highest BCUT2D eigenvalue weighted by Crippen LogP contribution is 2.40. The number of hydrogen-bond donors (Lipinski definition) is 0. The van der Waals surface area contributed by atoms with Crippen LogP contribution < -0.4 is 4.74 Å². The average Bonchev–Trinajstić information content (AvgIpc) is 2.90. The predicted molar refractivity (Wildman–Crippen MR) is 134 cm³/mol. The second-order valence-electron chi connectivity index (χ2n) is 8.72. The SMILES string of the molecule is O=C(Cc1ccccc1)c1ccc2c(c1)OC(c1ccccc1)C(C(=O)Cc1ccccc1)C2=O. The fraction of sp³-hybridized carbons (Fsp3) is 0.129. The number of ketones is 3. The molecular formula is C31H24O4. The van der Waals surface area contributed by atoms with Gasteiger partial charge in [-0.25, -0.2) is 0 Å². The largest absolute Gasteiger partial charge is 0.484 e. The minimum absolute atomic E-state index is 0.0615. The quantitative estimate of drug-likeness (QED) is 0.256. The molecule has 2 unspecified atom stereocenters. The Morgan fingerprint density at radius 2 is 1.26 bits per heavy atom. The number of ether oxygens (including phenoxy) is 1. The first kappa shape index (κ1) is 22.5. The summed E-state index contributed by atoms with van der Waals surface area (Å²) >= 11 is 0. The van der Waals surface area contributed by atoms with Gasteiger partial charge in [0, 0.05) is 18.4 Å². The Labute approximate surface area is 204 Å². The van der Waals surface area contributed by atoms with Crippen LogP contribution in [0.15, 0.2) is 109 Å². The molecule has 2 atom stereocenters. The van der Waals surface area contributed by atoms with Crippen molar-refractivity contribution in [2.45, 2.75) is 18.9 Å². The highest BCUT2D eigenvalue weighted by atomic mass is 16.5. The van der Waals surface area contributed by atoms with Crippen molar-refractivity contribution in [1.82, 2.24) is 0 Å². The zero-order valence-electron chi connectivity index (χ0n) is 19.1. The zero-order valence-corrected chi connectivity index (χ0v) is 19.1. The topological polar surface area (TPSA) is 60.4 Å². The summed E-state index contributed by atoms with van der Waals surface area (Å²) in [6.45, 7) is 0. The van der Waals surface area contributed by atoms with Gasteiger partial charge in [0.15, 0.2) is 17.3 Å². The summed E-state index contributed by atoms with van der Waals surface area (Å²) in [5.74, 6) is -1.15. The van der Waals surface area contributed by atoms with Crippen molar-refractivity contribution in [3.8, 4) is 5.75 Å². The van der Waals surface area contributed by atoms with E-state index in [2.05, 4.69) is 0 Å². The second-order valence-corrected chi connectivity index (χ2v) is 8.72. The van der Waals surface area contributed by atoms with E-state index >= 15 is 0 Å². The summed E-state index contributed by atoms with van der Waals surface area (Å²) in [6.07, 6.45) is -0.354. The molecule has 0 N–H and O–H groups in total. The van der Waals surface area contributed by atoms with Gasteiger partial charge in [0.2, 0.25) is 0 Å². The average molecular weight is 461 g/mol. The monoisotopic (exact) mass is 460 g/mol. The molecular weight excluding hydrogens is 436 g/mol. The highest BCUT2D eigenvalue weighted by molar-refractivity contribution is 6.14. The number of carbonyl (C=O) groups excluding carboxylic acids is 3. The first-order chi connectivity index (χ1) is 17.1. The molecule has 4 aromatic carbocycles. The van der Waals surface area contributed by atoms with Crippen molar-refractivity contribution in [2.24, 2.45) is 5.92 Å². The van der Waals surface area contributed by atoms with Gasteiger partial charge in [-0.15, -0.1) is 0 Å². The van der Waals surface area contributed by atoms with Crippen molar-refractivity contribution in [3.63, 3.8) is 0 Å². The maximum atomic E-state index is 13.6. The van der Waals surface area contributed by atoms with Crippen molar-refractivity contribution in [3.05, 3.63) is 137 Å². The molecule has 0 fully saturated rings. The smallest absolute Gasteiger partial charge is 0.181 e. The molecule has 4 nitrogen and oxygen atoms in total. The minimum atomic E-state index is -0.962. The molecule has 4 heteroatoms. The predicted octanol–water partition coefficient (Wildman–Crippen LogP) is 5.86. The number of Topliss-reactive ketones (excluding diaryl/α,β-unsaturated/α-hetero) is 3. The van der Waals surface area contributed by atoms with Crippen LogP contribution in [-0.2, 0) is 17.6 Å². The van der Waals surface area contributed by atoms with Crippen LogP contribution in [0.2, 0.25) is 0 Å². The molecule has 1 aliphatic heterocycles. The van der Waals surface area contributed by atoms with E-state index < -0.39 is 12.0 Å². The van der Waals surface area contributed by atoms with Crippen LogP contribution in [0.1, 0.15) is 43.5 Å². The van der Waals surface area contributed by atoms with Crippen LogP contribution in [0, 0.1) is 5.92 Å². The van der Waals surface area contributed by atoms with E-state index in [9.17, 15) is 14.4 Å². The van der Waals surface area contributed by atoms with E-state index in [4.69, 9.17) is 4.74 Å². The van der Waals surface area contributed by atoms with Crippen LogP contribution in [-0.4, -0.2) is 17.3 Å². The molecule has 5 rings (SSSR count). The van der Waals surface area contributed by atoms with Crippen molar-refractivity contribution < 1.29 is 19.1 Å². The Balaban J connectivity index is 1.47. The molecule has 1 heterocycles. The summed E-state index contributed by atoms with van der Waals surface area (Å²) < 4.78 is 6.31. The van der Waals surface area contributed by atoms with Crippen LogP contribution >= 0.6 is 0 Å². The molecule has 35 heavy (non-hydrogen) atoms. The van der Waals surface area contributed by atoms with E-state index in [0.717, 1.165) is 16.7 Å². The van der Waals surface area contributed by atoms with Crippen LogP contribution in [0.4, 0.5) is 0 Å². The summed E-state index contributed by atoms with van der Waals surface area (Å²) in [7, 11) is 0. The number of hydrogen-bond acceptors (Lipinski definition) is 4. The summed E-state index contributed by atoms with van der Waals surface area (Å²) in [5.41, 5.74) is 3.32. The second kappa shape index (κ2) is 9.90. The summed E-state index contributed by atoms with van der Waals surface area (Å²) in [6, 6.07) is 33.1. The number of rotatable bonds is 7. The van der Waals surface area contributed by atoms with E-state index in [-0.39, 0.29) is 30.2 Å². The van der Waals surface area contributed by atoms with Gasteiger partial charge in [-0.05, 0) is 28.8 Å². The first-order valence-electron chi connectivity index (χ1n) is 11.6. The van der Waals surface area contributed by atoms with Gasteiger partial charge in [0.1, 0.15) is 17.8 Å². The molecule has 0 saturated carbocycles. The van der Waals surface area contributed by atoms with E-state index in [0.29, 0.717) is 16.9 Å². The van der Waals surface area contributed by atoms with Crippen molar-refractivity contribution in [2.75, 3.05) is 0 Å². The lowest BCUT2D eigenvalue weighted by Crippen LogP contribution is -2.38. The van der Waals surface area contributed by atoms with Crippen molar-refractivity contribution >= 4 is 17.3 Å². The number of fused-ring (bicyclic) bond motifs is 1. The molecule has 0 saturated heterocycles. The van der Waals surface area contributed by atoms with Gasteiger partial charge in [0.05, 0.1) is 5.56 Å². The van der Waals surface area contributed by atoms with E-state index in [1.807, 2.05) is 91.0 Å². The highest BCUT2D eigenvalue weighted by Gasteiger charge is 2.42. The Kier molecular flexibility index (Phi) is 6.36. The standard InChI is InChI=1S/C31H24O4/c32-26(18-21-10-4-1-5-11-21)24-16-17-25-28(20-24)35-31(23-14-8-3-9-15-23)29(30(25)34)27(33)19-22-12-6-2-7-13-22/h1-17,20,29,31H,18-19H2. The third-order valence-corrected chi connectivity index (χ3v) is 6.31. The Hall–Kier alpha value is -4.31. The molecule has 0 bridgehead atoms. The number of carbonyl (C=O) groups is 3. The third-order valence-electron chi connectivity index (χ3n) is 6.31. The van der Waals surface area contributed by atoms with E-state index in [1.165, 1.54) is 0 Å². The van der Waals surface area contributed by atoms with Gasteiger partial charge in [-0.3, -0.25) is 14.4 Å². The molecule has 0 aliphatic carbocycles. The van der Waals surface area contributed by atoms with Gasteiger partial charge in [-0.2, -0.15) is 0 Å². The Morgan fingerprint density at radius 1 is 0.686 bits per heavy atom. The lowest BCUT2D eigenvalue weighted by atomic mass is 9.81. The molecule has 0 radical (unpaired) electrons. The molecule has 0 amide bonds. The maximum Gasteiger partial charge on any atom is 0.181 e. The molecule has 0 aromatic heterocycles. The van der Waals surface area contributed by atoms with Gasteiger partial charge in [0.25, 0.3) is 0 Å². The lowest BCUT2D eigenvalue weighted by Gasteiger charge is -2.32. The Bertz CT molecular complexity index is 1360. The lowest BCUT2D eigenvalue weighted by molar-refractivity contribution is -0.123. The summed E-state index contributed by atoms with van der Waals surface area (Å²) in [4.78, 5) is 39.9. The van der Waals surface area contributed by atoms with E-state index in [1.54, 1.807) is 18.2 Å². The molecule has 4 aromatic rings. The normalized spacial score (nSPS) is 16.7. The van der Waals surface area contributed by atoms with Gasteiger partial charge < -0.3 is 4.74 Å². The molecule has 172 valence electrons. The van der Waals surface area contributed by atoms with Crippen LogP contribution in [0.25, 0.3) is 0 Å². The first-order valence-corrected chi connectivity index (χ1v) is 11.6. The van der Waals surface area contributed by atoms with Gasteiger partial charge >= 0.3 is 0 Å². The fourth-order valence-electron chi connectivity index (χ4n) is 4.52. The molecule has 0 spiro atoms. The third kappa shape index (κ3) is 4.82. The molecule has 1 aliphatic rings. The minimum Gasteiger partial charge on any atom is -0.484 e.